The van der Waals surface area contributed by atoms with Crippen molar-refractivity contribution >= 4 is 5.97 Å². The molecule has 6 nitrogen and oxygen atoms in total. The van der Waals surface area contributed by atoms with Crippen LogP contribution in [-0.4, -0.2) is 61.7 Å². The van der Waals surface area contributed by atoms with Crippen molar-refractivity contribution in [3.05, 3.63) is 11.8 Å². The molecule has 0 bridgehead atoms. The van der Waals surface area contributed by atoms with Gasteiger partial charge in [0.15, 0.2) is 6.54 Å². The van der Waals surface area contributed by atoms with Gasteiger partial charge in [0.25, 0.3) is 0 Å². The van der Waals surface area contributed by atoms with Crippen LogP contribution in [0.15, 0.2) is 11.8 Å². The number of hydrogen-bond donors (Lipinski definition) is 0. The highest BCUT2D eigenvalue weighted by Gasteiger charge is 2.30. The lowest BCUT2D eigenvalue weighted by atomic mass is 10.2. The molecular formula is C13H19N4O2+. The molecule has 0 aromatic carbocycles. The fourth-order valence-electron chi connectivity index (χ4n) is 2.03. The molecule has 1 aliphatic heterocycles. The van der Waals surface area contributed by atoms with Crippen LogP contribution in [0.2, 0.25) is 0 Å². The van der Waals surface area contributed by atoms with E-state index in [2.05, 4.69) is 0 Å². The number of esters is 1. The molecular weight excluding hydrogens is 244 g/mol. The van der Waals surface area contributed by atoms with Crippen LogP contribution in [0.25, 0.3) is 0 Å². The molecule has 6 heteroatoms. The molecule has 0 spiro atoms. The van der Waals surface area contributed by atoms with Gasteiger partial charge in [-0.05, 0) is 6.92 Å². The Labute approximate surface area is 113 Å². The number of quaternary nitrogens is 1. The van der Waals surface area contributed by atoms with E-state index < -0.39 is 0 Å². The monoisotopic (exact) mass is 263 g/mol. The summed E-state index contributed by atoms with van der Waals surface area (Å²) >= 11 is 0. The second-order valence-corrected chi connectivity index (χ2v) is 4.83. The van der Waals surface area contributed by atoms with E-state index in [1.807, 2.05) is 24.1 Å². The summed E-state index contributed by atoms with van der Waals surface area (Å²) in [5.41, 5.74) is 0.112. The maximum Gasteiger partial charge on any atom is 0.361 e. The Morgan fingerprint density at radius 2 is 1.95 bits per heavy atom. The van der Waals surface area contributed by atoms with Crippen LogP contribution in [0.5, 0.6) is 0 Å². The zero-order valence-corrected chi connectivity index (χ0v) is 11.4. The molecule has 0 amide bonds. The van der Waals surface area contributed by atoms with Gasteiger partial charge >= 0.3 is 5.97 Å². The summed E-state index contributed by atoms with van der Waals surface area (Å²) in [4.78, 5) is 13.5. The van der Waals surface area contributed by atoms with Gasteiger partial charge < -0.3 is 14.1 Å². The van der Waals surface area contributed by atoms with Crippen molar-refractivity contribution in [2.75, 3.05) is 46.4 Å². The molecule has 0 radical (unpaired) electrons. The van der Waals surface area contributed by atoms with Gasteiger partial charge in [-0.2, -0.15) is 10.5 Å². The van der Waals surface area contributed by atoms with E-state index in [0.29, 0.717) is 17.6 Å². The molecule has 102 valence electrons. The Morgan fingerprint density at radius 1 is 1.37 bits per heavy atom. The first kappa shape index (κ1) is 15.0. The number of piperazine rings is 1. The van der Waals surface area contributed by atoms with E-state index in [1.54, 1.807) is 13.1 Å². The highest BCUT2D eigenvalue weighted by molar-refractivity contribution is 5.70. The smallest absolute Gasteiger partial charge is 0.361 e. The molecule has 0 unspecified atom stereocenters. The second-order valence-electron chi connectivity index (χ2n) is 4.83. The average molecular weight is 263 g/mol. The van der Waals surface area contributed by atoms with Crippen molar-refractivity contribution in [1.29, 1.82) is 10.5 Å². The normalized spacial score (nSPS) is 16.9. The molecule has 1 fully saturated rings. The minimum atomic E-state index is -0.177. The third-order valence-electron chi connectivity index (χ3n) is 3.22. The fraction of sp³-hybridized carbons (Fsp3) is 0.615. The Morgan fingerprint density at radius 3 is 2.42 bits per heavy atom. The van der Waals surface area contributed by atoms with Crippen LogP contribution in [0.1, 0.15) is 6.92 Å². The molecule has 0 aromatic heterocycles. The number of carbonyl (C=O) groups excluding carboxylic acids is 1. The van der Waals surface area contributed by atoms with Gasteiger partial charge in [-0.1, -0.05) is 0 Å². The van der Waals surface area contributed by atoms with E-state index in [1.165, 1.54) is 0 Å². The van der Waals surface area contributed by atoms with E-state index >= 15 is 0 Å². The van der Waals surface area contributed by atoms with Crippen LogP contribution in [0.4, 0.5) is 0 Å². The predicted molar refractivity (Wildman–Crippen MR) is 68.3 cm³/mol. The zero-order chi connectivity index (χ0) is 14.3. The van der Waals surface area contributed by atoms with Gasteiger partial charge in [-0.3, -0.25) is 0 Å². The van der Waals surface area contributed by atoms with Crippen molar-refractivity contribution in [2.45, 2.75) is 6.92 Å². The first-order chi connectivity index (χ1) is 9.03. The number of carbonyl (C=O) groups is 1. The molecule has 0 aromatic rings. The predicted octanol–water partition coefficient (Wildman–Crippen LogP) is 0.243. The highest BCUT2D eigenvalue weighted by atomic mass is 16.5. The molecule has 1 aliphatic rings. The standard InChI is InChI=1S/C13H19N4O2/c1-3-19-13(18)11-17(2)6-4-16(5-7-17)10-12(8-14)9-15/h10H,3-7,11H2,1-2H3/q+1. The molecule has 1 saturated heterocycles. The van der Waals surface area contributed by atoms with E-state index in [0.717, 1.165) is 26.2 Å². The van der Waals surface area contributed by atoms with Gasteiger partial charge in [-0.15, -0.1) is 0 Å². The fourth-order valence-corrected chi connectivity index (χ4v) is 2.03. The van der Waals surface area contributed by atoms with Crippen LogP contribution in [0, 0.1) is 22.7 Å². The third kappa shape index (κ3) is 4.61. The Kier molecular flexibility index (Phi) is 5.35. The van der Waals surface area contributed by atoms with Crippen LogP contribution in [-0.2, 0) is 9.53 Å². The average Bonchev–Trinajstić information content (AvgIpc) is 2.38. The minimum Gasteiger partial charge on any atom is -0.462 e. The second kappa shape index (κ2) is 6.77. The van der Waals surface area contributed by atoms with Gasteiger partial charge in [-0.25, -0.2) is 4.79 Å². The third-order valence-corrected chi connectivity index (χ3v) is 3.22. The first-order valence-electron chi connectivity index (χ1n) is 6.28. The molecule has 0 N–H and O–H groups in total. The van der Waals surface area contributed by atoms with Gasteiger partial charge in [0.05, 0.1) is 39.8 Å². The maximum atomic E-state index is 11.5. The number of nitriles is 2. The van der Waals surface area contributed by atoms with Crippen molar-refractivity contribution in [3.8, 4) is 12.1 Å². The molecule has 1 heterocycles. The van der Waals surface area contributed by atoms with Crippen molar-refractivity contribution in [3.63, 3.8) is 0 Å². The van der Waals surface area contributed by atoms with Gasteiger partial charge in [0, 0.05) is 6.20 Å². The van der Waals surface area contributed by atoms with Crippen molar-refractivity contribution < 1.29 is 14.0 Å². The quantitative estimate of drug-likeness (QED) is 0.412. The van der Waals surface area contributed by atoms with E-state index in [4.69, 9.17) is 15.3 Å². The number of nitrogens with zero attached hydrogens (tertiary/aromatic N) is 4. The molecule has 0 saturated carbocycles. The lowest BCUT2D eigenvalue weighted by molar-refractivity contribution is -0.906. The van der Waals surface area contributed by atoms with E-state index in [9.17, 15) is 4.79 Å². The summed E-state index contributed by atoms with van der Waals surface area (Å²) in [6, 6.07) is 3.70. The van der Waals surface area contributed by atoms with Gasteiger partial charge in [0.2, 0.25) is 0 Å². The lowest BCUT2D eigenvalue weighted by Gasteiger charge is -2.40. The molecule has 1 rings (SSSR count). The largest absolute Gasteiger partial charge is 0.462 e. The number of rotatable bonds is 4. The van der Waals surface area contributed by atoms with E-state index in [-0.39, 0.29) is 11.5 Å². The number of likely N-dealkylation sites (N-methyl/N-ethyl adjacent to an activating group) is 1. The summed E-state index contributed by atoms with van der Waals surface area (Å²) in [6.45, 7) is 5.60. The Bertz CT molecular complexity index is 421. The van der Waals surface area contributed by atoms with Crippen LogP contribution in [0.3, 0.4) is 0 Å². The number of allylic oxidation sites excluding steroid dienone is 1. The summed E-state index contributed by atoms with van der Waals surface area (Å²) in [5, 5.41) is 17.4. The Balaban J connectivity index is 2.53. The lowest BCUT2D eigenvalue weighted by Crippen LogP contribution is -2.58. The summed E-state index contributed by atoms with van der Waals surface area (Å²) in [5.74, 6) is -0.177. The van der Waals surface area contributed by atoms with Crippen LogP contribution < -0.4 is 0 Å². The first-order valence-corrected chi connectivity index (χ1v) is 6.28. The molecule has 19 heavy (non-hydrogen) atoms. The van der Waals surface area contributed by atoms with Gasteiger partial charge in [0.1, 0.15) is 17.7 Å². The summed E-state index contributed by atoms with van der Waals surface area (Å²) in [7, 11) is 2.02. The highest BCUT2D eigenvalue weighted by Crippen LogP contribution is 2.11. The minimum absolute atomic E-state index is 0.112. The van der Waals surface area contributed by atoms with Crippen molar-refractivity contribution in [2.24, 2.45) is 0 Å². The number of hydrogen-bond acceptors (Lipinski definition) is 5. The number of ether oxygens (including phenoxy) is 1. The SMILES string of the molecule is CCOC(=O)C[N+]1(C)CCN(C=C(C#N)C#N)CC1. The summed E-state index contributed by atoms with van der Waals surface area (Å²) < 4.78 is 5.61. The van der Waals surface area contributed by atoms with Crippen molar-refractivity contribution in [1.82, 2.24) is 4.90 Å². The Hall–Kier alpha value is -2.05. The summed E-state index contributed by atoms with van der Waals surface area (Å²) in [6.07, 6.45) is 1.59. The molecule has 0 atom stereocenters. The maximum absolute atomic E-state index is 11.5. The zero-order valence-electron chi connectivity index (χ0n) is 11.4. The van der Waals surface area contributed by atoms with Crippen LogP contribution >= 0.6 is 0 Å². The topological polar surface area (TPSA) is 77.1 Å². The molecule has 0 aliphatic carbocycles.